The zero-order valence-corrected chi connectivity index (χ0v) is 21.9. The number of carbonyl (C=O) groups is 1. The second kappa shape index (κ2) is 11.7. The number of hydrogen-bond donors (Lipinski definition) is 1. The summed E-state index contributed by atoms with van der Waals surface area (Å²) in [6, 6.07) is 16.7. The molecule has 0 unspecified atom stereocenters. The highest BCUT2D eigenvalue weighted by molar-refractivity contribution is 8.00. The molecule has 1 aliphatic rings. The molecule has 3 aromatic rings. The number of sulfonamides is 1. The molecule has 1 amide bonds. The van der Waals surface area contributed by atoms with Crippen LogP contribution in [0.3, 0.4) is 0 Å². The number of carbonyl (C=O) groups excluding carboxylic acids is 1. The molecule has 0 bridgehead atoms. The van der Waals surface area contributed by atoms with E-state index in [-0.39, 0.29) is 16.7 Å². The summed E-state index contributed by atoms with van der Waals surface area (Å²) in [5, 5.41) is 3.26. The lowest BCUT2D eigenvalue weighted by molar-refractivity contribution is -0.137. The fourth-order valence-corrected chi connectivity index (χ4v) is 5.63. The second-order valence-corrected chi connectivity index (χ2v) is 11.5. The molecule has 0 aromatic heterocycles. The summed E-state index contributed by atoms with van der Waals surface area (Å²) in [6.07, 6.45) is -3.34. The Morgan fingerprint density at radius 2 is 1.84 bits per heavy atom. The number of halogens is 4. The van der Waals surface area contributed by atoms with Gasteiger partial charge in [-0.1, -0.05) is 41.9 Å². The van der Waals surface area contributed by atoms with Crippen molar-refractivity contribution in [2.45, 2.75) is 17.2 Å². The highest BCUT2D eigenvalue weighted by Crippen LogP contribution is 2.38. The summed E-state index contributed by atoms with van der Waals surface area (Å²) < 4.78 is 73.5. The van der Waals surface area contributed by atoms with Crippen LogP contribution in [0.25, 0.3) is 0 Å². The van der Waals surface area contributed by atoms with Crippen LogP contribution in [0.1, 0.15) is 11.1 Å². The maximum atomic E-state index is 13.5. The third-order valence-corrected chi connectivity index (χ3v) is 8.67. The average Bonchev–Trinajstić information content (AvgIpc) is 2.85. The Balaban J connectivity index is 1.55. The van der Waals surface area contributed by atoms with Crippen LogP contribution in [-0.2, 0) is 21.0 Å². The molecule has 0 radical (unpaired) electrons. The van der Waals surface area contributed by atoms with Crippen LogP contribution >= 0.6 is 23.4 Å². The highest BCUT2D eigenvalue weighted by Gasteiger charge is 2.35. The monoisotopic (exact) mass is 583 g/mol. The molecule has 0 aliphatic carbocycles. The van der Waals surface area contributed by atoms with Gasteiger partial charge in [-0.15, -0.1) is 0 Å². The second-order valence-electron chi connectivity index (χ2n) is 8.13. The number of benzene rings is 3. The lowest BCUT2D eigenvalue weighted by atomic mass is 10.2. The van der Waals surface area contributed by atoms with Crippen molar-refractivity contribution in [1.82, 2.24) is 5.43 Å². The van der Waals surface area contributed by atoms with Gasteiger partial charge in [0.05, 0.1) is 27.4 Å². The number of alkyl halides is 3. The topological polar surface area (TPSA) is 88.1 Å². The van der Waals surface area contributed by atoms with Crippen LogP contribution in [-0.4, -0.2) is 44.7 Å². The van der Waals surface area contributed by atoms with E-state index in [2.05, 4.69) is 10.5 Å². The van der Waals surface area contributed by atoms with Crippen molar-refractivity contribution in [3.8, 4) is 5.75 Å². The fraction of sp³-hybridized carbons (Fsp3) is 0.200. The number of hydrogen-bond acceptors (Lipinski definition) is 6. The van der Waals surface area contributed by atoms with E-state index in [1.54, 1.807) is 42.1 Å². The number of amides is 1. The minimum Gasteiger partial charge on any atom is -0.489 e. The molecule has 0 atom stereocenters. The number of nitrogens with zero attached hydrogens (tertiary/aromatic N) is 2. The van der Waals surface area contributed by atoms with Gasteiger partial charge in [-0.2, -0.15) is 30.0 Å². The molecular weight excluding hydrogens is 563 g/mol. The molecular formula is C25H21ClF3N3O4S2. The zero-order chi connectivity index (χ0) is 27.3. The van der Waals surface area contributed by atoms with Gasteiger partial charge in [-0.05, 0) is 48.0 Å². The molecule has 13 heteroatoms. The zero-order valence-electron chi connectivity index (χ0n) is 19.6. The Bertz CT molecular complexity index is 1430. The van der Waals surface area contributed by atoms with Crippen LogP contribution in [0.2, 0.25) is 5.02 Å². The quantitative estimate of drug-likeness (QED) is 0.276. The third-order valence-electron chi connectivity index (χ3n) is 5.33. The maximum Gasteiger partial charge on any atom is 0.417 e. The van der Waals surface area contributed by atoms with Crippen molar-refractivity contribution in [3.63, 3.8) is 0 Å². The van der Waals surface area contributed by atoms with Crippen molar-refractivity contribution in [3.05, 3.63) is 88.9 Å². The Labute approximate surface area is 226 Å². The molecule has 38 heavy (non-hydrogen) atoms. The molecule has 0 saturated carbocycles. The standard InChI is InChI=1S/C25H21ClF3N3O4S2/c26-23-10-9-18(12-22(23)25(27,28)29)32(38(34,35)21-7-2-1-3-8-21)14-24(33)31-30-13-17-5-4-6-19(11-17)36-20-15-37-16-20/h1-13,20H,14-16H2,(H,31,33). The van der Waals surface area contributed by atoms with E-state index in [0.29, 0.717) is 21.7 Å². The summed E-state index contributed by atoms with van der Waals surface area (Å²) in [4.78, 5) is 12.5. The summed E-state index contributed by atoms with van der Waals surface area (Å²) in [5.41, 5.74) is 1.23. The summed E-state index contributed by atoms with van der Waals surface area (Å²) in [7, 11) is -4.42. The molecule has 1 N–H and O–H groups in total. The minimum atomic E-state index is -4.84. The Hall–Kier alpha value is -3.22. The number of ether oxygens (including phenoxy) is 1. The van der Waals surface area contributed by atoms with E-state index in [1.165, 1.54) is 30.5 Å². The van der Waals surface area contributed by atoms with Crippen molar-refractivity contribution in [2.75, 3.05) is 22.4 Å². The van der Waals surface area contributed by atoms with Crippen LogP contribution < -0.4 is 14.5 Å². The van der Waals surface area contributed by atoms with E-state index in [4.69, 9.17) is 16.3 Å². The van der Waals surface area contributed by atoms with Gasteiger partial charge in [0.25, 0.3) is 15.9 Å². The molecule has 0 spiro atoms. The average molecular weight is 584 g/mol. The molecule has 1 heterocycles. The largest absolute Gasteiger partial charge is 0.489 e. The van der Waals surface area contributed by atoms with E-state index in [1.807, 2.05) is 0 Å². The first-order valence-electron chi connectivity index (χ1n) is 11.1. The molecule has 1 fully saturated rings. The Morgan fingerprint density at radius 3 is 2.50 bits per heavy atom. The smallest absolute Gasteiger partial charge is 0.417 e. The number of anilines is 1. The fourth-order valence-electron chi connectivity index (χ4n) is 3.41. The summed E-state index contributed by atoms with van der Waals surface area (Å²) in [6.45, 7) is -0.837. The van der Waals surface area contributed by atoms with Gasteiger partial charge in [-0.3, -0.25) is 9.10 Å². The molecule has 7 nitrogen and oxygen atoms in total. The molecule has 3 aromatic carbocycles. The number of hydrazone groups is 1. The molecule has 200 valence electrons. The summed E-state index contributed by atoms with van der Waals surface area (Å²) >= 11 is 7.49. The van der Waals surface area contributed by atoms with Crippen molar-refractivity contribution < 1.29 is 31.1 Å². The lowest BCUT2D eigenvalue weighted by Crippen LogP contribution is -2.39. The van der Waals surface area contributed by atoms with Crippen molar-refractivity contribution in [1.29, 1.82) is 0 Å². The van der Waals surface area contributed by atoms with Crippen LogP contribution in [0.5, 0.6) is 5.75 Å². The van der Waals surface area contributed by atoms with E-state index < -0.39 is 39.2 Å². The lowest BCUT2D eigenvalue weighted by Gasteiger charge is -2.25. The maximum absolute atomic E-state index is 13.5. The van der Waals surface area contributed by atoms with Crippen molar-refractivity contribution >= 4 is 51.2 Å². The predicted octanol–water partition coefficient (Wildman–Crippen LogP) is 5.20. The normalized spacial score (nSPS) is 14.2. The molecule has 1 aliphatic heterocycles. The van der Waals surface area contributed by atoms with Crippen LogP contribution in [0.15, 0.2) is 82.8 Å². The first-order valence-corrected chi connectivity index (χ1v) is 14.1. The van der Waals surface area contributed by atoms with Gasteiger partial charge in [0, 0.05) is 11.5 Å². The van der Waals surface area contributed by atoms with E-state index >= 15 is 0 Å². The molecule has 1 saturated heterocycles. The highest BCUT2D eigenvalue weighted by atomic mass is 35.5. The van der Waals surface area contributed by atoms with Gasteiger partial charge in [-0.25, -0.2) is 13.8 Å². The van der Waals surface area contributed by atoms with Gasteiger partial charge in [0.15, 0.2) is 0 Å². The third kappa shape index (κ3) is 6.80. The van der Waals surface area contributed by atoms with Crippen LogP contribution in [0, 0.1) is 0 Å². The predicted molar refractivity (Wildman–Crippen MR) is 141 cm³/mol. The van der Waals surface area contributed by atoms with Crippen molar-refractivity contribution in [2.24, 2.45) is 5.10 Å². The Morgan fingerprint density at radius 1 is 1.11 bits per heavy atom. The van der Waals surface area contributed by atoms with E-state index in [9.17, 15) is 26.4 Å². The van der Waals surface area contributed by atoms with Gasteiger partial charge in [0.1, 0.15) is 18.4 Å². The number of rotatable bonds is 9. The first kappa shape index (κ1) is 27.8. The number of thioether (sulfide) groups is 1. The number of nitrogens with one attached hydrogen (secondary N) is 1. The van der Waals surface area contributed by atoms with Crippen LogP contribution in [0.4, 0.5) is 18.9 Å². The Kier molecular flexibility index (Phi) is 8.54. The SMILES string of the molecule is O=C(CN(c1ccc(Cl)c(C(F)(F)F)c1)S(=O)(=O)c1ccccc1)NN=Cc1cccc(OC2CSC2)c1. The summed E-state index contributed by atoms with van der Waals surface area (Å²) in [5.74, 6) is 1.60. The van der Waals surface area contributed by atoms with Gasteiger partial charge < -0.3 is 4.74 Å². The van der Waals surface area contributed by atoms with Gasteiger partial charge >= 0.3 is 6.18 Å². The van der Waals surface area contributed by atoms with Gasteiger partial charge in [0.2, 0.25) is 0 Å². The minimum absolute atomic E-state index is 0.148. The first-order chi connectivity index (χ1) is 18.0. The van der Waals surface area contributed by atoms with E-state index in [0.717, 1.165) is 23.6 Å². The molecule has 4 rings (SSSR count).